The van der Waals surface area contributed by atoms with Crippen LogP contribution in [0.1, 0.15) is 56.6 Å². The smallest absolute Gasteiger partial charge is 0.268 e. The average Bonchev–Trinajstić information content (AvgIpc) is 3.47. The molecule has 3 aliphatic carbocycles. The van der Waals surface area contributed by atoms with Crippen LogP contribution in [0.5, 0.6) is 0 Å². The van der Waals surface area contributed by atoms with Crippen molar-refractivity contribution in [1.29, 1.82) is 0 Å². The van der Waals surface area contributed by atoms with Crippen molar-refractivity contribution in [2.75, 3.05) is 5.01 Å². The number of nitrogens with zero attached hydrogens (tertiary/aromatic N) is 2. The van der Waals surface area contributed by atoms with Gasteiger partial charge >= 0.3 is 0 Å². The molecule has 3 fully saturated rings. The molecular weight excluding hydrogens is 477 g/mol. The number of hydrazone groups is 1. The molecule has 1 N–H and O–H groups in total. The van der Waals surface area contributed by atoms with Crippen molar-refractivity contribution < 1.29 is 4.79 Å². The monoisotopic (exact) mass is 501 g/mol. The maximum absolute atomic E-state index is 13.6. The summed E-state index contributed by atoms with van der Waals surface area (Å²) in [6.45, 7) is 0. The SMILES string of the molecule is O=C(NC12CCCC3CC(CC31)C2)C1=NN(c2ccc(Cl)cc2Cl)[C@H](c2ccc(Cl)cc2)C1. The zero-order valence-corrected chi connectivity index (χ0v) is 20.5. The highest BCUT2D eigenvalue weighted by Gasteiger charge is 2.57. The fourth-order valence-electron chi connectivity index (χ4n) is 7.02. The molecule has 0 spiro atoms. The molecule has 2 aromatic rings. The van der Waals surface area contributed by atoms with Gasteiger partial charge in [-0.1, -0.05) is 53.4 Å². The predicted octanol–water partition coefficient (Wildman–Crippen LogP) is 7.04. The van der Waals surface area contributed by atoms with E-state index in [0.717, 1.165) is 35.9 Å². The predicted molar refractivity (Wildman–Crippen MR) is 134 cm³/mol. The second-order valence-electron chi connectivity index (χ2n) is 10.2. The highest BCUT2D eigenvalue weighted by molar-refractivity contribution is 6.40. The fraction of sp³-hybridized carbons (Fsp3) is 0.462. The van der Waals surface area contributed by atoms with Gasteiger partial charge in [0.05, 0.1) is 16.8 Å². The lowest BCUT2D eigenvalue weighted by Gasteiger charge is -2.46. The molecule has 4 unspecified atom stereocenters. The van der Waals surface area contributed by atoms with Crippen molar-refractivity contribution >= 4 is 52.1 Å². The second-order valence-corrected chi connectivity index (χ2v) is 11.4. The normalized spacial score (nSPS) is 32.2. The van der Waals surface area contributed by atoms with Crippen LogP contribution in [0.4, 0.5) is 5.69 Å². The van der Waals surface area contributed by atoms with Crippen LogP contribution in [-0.4, -0.2) is 17.2 Å². The van der Waals surface area contributed by atoms with E-state index < -0.39 is 0 Å². The summed E-state index contributed by atoms with van der Waals surface area (Å²) < 4.78 is 0. The molecule has 1 heterocycles. The molecule has 3 saturated carbocycles. The summed E-state index contributed by atoms with van der Waals surface area (Å²) in [5.74, 6) is 2.16. The minimum Gasteiger partial charge on any atom is -0.345 e. The molecule has 172 valence electrons. The number of benzene rings is 2. The van der Waals surface area contributed by atoms with E-state index in [1.165, 1.54) is 25.7 Å². The summed E-state index contributed by atoms with van der Waals surface area (Å²) in [7, 11) is 0. The van der Waals surface area contributed by atoms with Gasteiger partial charge < -0.3 is 5.32 Å². The molecule has 5 atom stereocenters. The van der Waals surface area contributed by atoms with Crippen LogP contribution in [-0.2, 0) is 4.79 Å². The Hall–Kier alpha value is -1.75. The van der Waals surface area contributed by atoms with Crippen LogP contribution in [0.3, 0.4) is 0 Å². The topological polar surface area (TPSA) is 44.7 Å². The Bertz CT molecular complexity index is 1130. The van der Waals surface area contributed by atoms with Crippen LogP contribution >= 0.6 is 34.8 Å². The largest absolute Gasteiger partial charge is 0.345 e. The van der Waals surface area contributed by atoms with E-state index >= 15 is 0 Å². The molecule has 0 saturated heterocycles. The van der Waals surface area contributed by atoms with E-state index in [9.17, 15) is 4.79 Å². The van der Waals surface area contributed by atoms with Gasteiger partial charge in [0.25, 0.3) is 5.91 Å². The summed E-state index contributed by atoms with van der Waals surface area (Å²) >= 11 is 18.8. The first kappa shape index (κ1) is 21.8. The first-order valence-corrected chi connectivity index (χ1v) is 12.9. The quantitative estimate of drug-likeness (QED) is 0.487. The number of hydrogen-bond acceptors (Lipinski definition) is 3. The number of hydrogen-bond donors (Lipinski definition) is 1. The standard InChI is InChI=1S/C26H26Cl3N3O/c27-18-5-3-16(4-6-18)24-13-22(31-32(24)23-8-7-19(28)12-21(23)29)25(33)30-26-9-1-2-17-10-15(14-26)11-20(17)26/h3-8,12,15,17,20,24H,1-2,9-11,13-14H2,(H,30,33)/t15?,17?,20?,24-,26?/m0/s1. The minimum atomic E-state index is -0.140. The first-order valence-electron chi connectivity index (χ1n) is 11.8. The zero-order valence-electron chi connectivity index (χ0n) is 18.2. The molecule has 33 heavy (non-hydrogen) atoms. The Morgan fingerprint density at radius 3 is 2.61 bits per heavy atom. The number of carbonyl (C=O) groups excluding carboxylic acids is 1. The highest BCUT2D eigenvalue weighted by Crippen LogP contribution is 2.59. The molecule has 4 nitrogen and oxygen atoms in total. The average molecular weight is 503 g/mol. The fourth-order valence-corrected chi connectivity index (χ4v) is 7.64. The lowest BCUT2D eigenvalue weighted by atomic mass is 9.66. The van der Waals surface area contributed by atoms with E-state index in [-0.39, 0.29) is 17.5 Å². The minimum absolute atomic E-state index is 0.0326. The van der Waals surface area contributed by atoms with E-state index in [1.54, 1.807) is 12.1 Å². The highest BCUT2D eigenvalue weighted by atomic mass is 35.5. The molecule has 6 rings (SSSR count). The van der Waals surface area contributed by atoms with Gasteiger partial charge in [-0.15, -0.1) is 0 Å². The second kappa shape index (κ2) is 8.18. The van der Waals surface area contributed by atoms with E-state index in [2.05, 4.69) is 5.32 Å². The number of halogens is 3. The van der Waals surface area contributed by atoms with E-state index in [1.807, 2.05) is 35.3 Å². The number of amides is 1. The number of fused-ring (bicyclic) bond motifs is 1. The zero-order chi connectivity index (χ0) is 22.7. The van der Waals surface area contributed by atoms with Gasteiger partial charge in [-0.25, -0.2) is 0 Å². The summed E-state index contributed by atoms with van der Waals surface area (Å²) in [5, 5.41) is 11.9. The van der Waals surface area contributed by atoms with Crippen LogP contribution in [0.25, 0.3) is 0 Å². The summed E-state index contributed by atoms with van der Waals surface area (Å²) in [4.78, 5) is 13.6. The van der Waals surface area contributed by atoms with Gasteiger partial charge in [0.1, 0.15) is 5.71 Å². The number of carbonyl (C=O) groups is 1. The van der Waals surface area contributed by atoms with Gasteiger partial charge in [0, 0.05) is 22.0 Å². The Morgan fingerprint density at radius 2 is 1.85 bits per heavy atom. The van der Waals surface area contributed by atoms with Crippen LogP contribution in [0.2, 0.25) is 15.1 Å². The van der Waals surface area contributed by atoms with Crippen molar-refractivity contribution in [3.63, 3.8) is 0 Å². The van der Waals surface area contributed by atoms with Gasteiger partial charge in [-0.3, -0.25) is 9.80 Å². The lowest BCUT2D eigenvalue weighted by Crippen LogP contribution is -2.57. The van der Waals surface area contributed by atoms with Gasteiger partial charge in [0.2, 0.25) is 0 Å². The van der Waals surface area contributed by atoms with E-state index in [4.69, 9.17) is 39.9 Å². The molecule has 0 aromatic heterocycles. The third kappa shape index (κ3) is 3.75. The lowest BCUT2D eigenvalue weighted by molar-refractivity contribution is -0.118. The Balaban J connectivity index is 1.31. The Labute approximate surface area is 209 Å². The van der Waals surface area contributed by atoms with Crippen molar-refractivity contribution in [3.8, 4) is 0 Å². The van der Waals surface area contributed by atoms with Crippen LogP contribution < -0.4 is 10.3 Å². The third-order valence-electron chi connectivity index (χ3n) is 8.30. The van der Waals surface area contributed by atoms with Crippen LogP contribution in [0, 0.1) is 17.8 Å². The van der Waals surface area contributed by atoms with Crippen molar-refractivity contribution in [2.24, 2.45) is 22.9 Å². The first-order chi connectivity index (χ1) is 15.9. The maximum Gasteiger partial charge on any atom is 0.268 e. The Morgan fingerprint density at radius 1 is 1.06 bits per heavy atom. The molecule has 0 radical (unpaired) electrons. The molecular formula is C26H26Cl3N3O. The molecule has 4 aliphatic rings. The van der Waals surface area contributed by atoms with E-state index in [0.29, 0.717) is 33.1 Å². The maximum atomic E-state index is 13.6. The summed E-state index contributed by atoms with van der Waals surface area (Å²) in [5.41, 5.74) is 2.29. The number of rotatable bonds is 4. The van der Waals surface area contributed by atoms with Gasteiger partial charge in [-0.2, -0.15) is 5.10 Å². The summed E-state index contributed by atoms with van der Waals surface area (Å²) in [6, 6.07) is 12.9. The third-order valence-corrected chi connectivity index (χ3v) is 9.09. The van der Waals surface area contributed by atoms with Gasteiger partial charge in [0.15, 0.2) is 0 Å². The van der Waals surface area contributed by atoms with Crippen molar-refractivity contribution in [3.05, 3.63) is 63.1 Å². The molecule has 2 aromatic carbocycles. The Kier molecular flexibility index (Phi) is 5.39. The molecule has 2 bridgehead atoms. The molecule has 1 aliphatic heterocycles. The van der Waals surface area contributed by atoms with Crippen molar-refractivity contribution in [2.45, 2.75) is 56.5 Å². The summed E-state index contributed by atoms with van der Waals surface area (Å²) in [6.07, 6.45) is 7.89. The number of anilines is 1. The number of nitrogens with one attached hydrogen (secondary N) is 1. The molecule has 1 amide bonds. The van der Waals surface area contributed by atoms with Crippen LogP contribution in [0.15, 0.2) is 47.6 Å². The van der Waals surface area contributed by atoms with Crippen molar-refractivity contribution in [1.82, 2.24) is 5.32 Å². The molecule has 7 heteroatoms. The van der Waals surface area contributed by atoms with Gasteiger partial charge in [-0.05, 0) is 85.8 Å².